The molecule has 4 nitrogen and oxygen atoms in total. The van der Waals surface area contributed by atoms with Crippen molar-refractivity contribution in [2.75, 3.05) is 22.7 Å². The van der Waals surface area contributed by atoms with Crippen molar-refractivity contribution in [2.45, 2.75) is 13.8 Å². The fourth-order valence-electron chi connectivity index (χ4n) is 1.85. The van der Waals surface area contributed by atoms with Gasteiger partial charge in [0.15, 0.2) is 0 Å². The Hall–Kier alpha value is -1.48. The monoisotopic (exact) mass is 338 g/mol. The average Bonchev–Trinajstić information content (AvgIpc) is 2.50. The maximum Gasteiger partial charge on any atom is 0.391 e. The molecule has 0 heterocycles. The number of rotatable bonds is 7. The van der Waals surface area contributed by atoms with Gasteiger partial charge in [0.25, 0.3) is 0 Å². The molecule has 0 unspecified atom stereocenters. The summed E-state index contributed by atoms with van der Waals surface area (Å²) in [6.45, 7) is 4.19. The van der Waals surface area contributed by atoms with Crippen LogP contribution in [0.5, 0.6) is 0 Å². The van der Waals surface area contributed by atoms with Crippen molar-refractivity contribution in [2.24, 2.45) is 0 Å². The van der Waals surface area contributed by atoms with E-state index in [1.54, 1.807) is 0 Å². The number of benzene rings is 2. The lowest BCUT2D eigenvalue weighted by Gasteiger charge is -2.22. The fourth-order valence-corrected chi connectivity index (χ4v) is 3.55. The second kappa shape index (κ2) is 7.68. The summed E-state index contributed by atoms with van der Waals surface area (Å²) in [5.74, 6) is 0.273. The molecule has 0 spiro atoms. The van der Waals surface area contributed by atoms with Crippen molar-refractivity contribution in [3.8, 4) is 0 Å². The maximum absolute atomic E-state index is 13.0. The van der Waals surface area contributed by atoms with Gasteiger partial charge in [0.1, 0.15) is 0 Å². The van der Waals surface area contributed by atoms with Crippen LogP contribution in [0.2, 0.25) is 0 Å². The zero-order chi connectivity index (χ0) is 16.0. The molecule has 0 bridgehead atoms. The molecule has 22 heavy (non-hydrogen) atoms. The van der Waals surface area contributed by atoms with E-state index in [0.717, 1.165) is 22.5 Å². The second-order valence-corrected chi connectivity index (χ2v) is 7.22. The molecule has 0 aromatic heterocycles. The Balaban J connectivity index is 2.17. The zero-order valence-electron chi connectivity index (χ0n) is 12.7. The van der Waals surface area contributed by atoms with E-state index in [2.05, 4.69) is 10.2 Å². The van der Waals surface area contributed by atoms with E-state index in [0.29, 0.717) is 0 Å². The normalized spacial score (nSPS) is 11.2. The minimum Gasteiger partial charge on any atom is -0.299 e. The van der Waals surface area contributed by atoms with Crippen molar-refractivity contribution in [3.63, 3.8) is 0 Å². The van der Waals surface area contributed by atoms with Gasteiger partial charge in [-0.05, 0) is 38.1 Å². The Kier molecular flexibility index (Phi) is 5.90. The quantitative estimate of drug-likeness (QED) is 0.538. The molecule has 6 heteroatoms. The van der Waals surface area contributed by atoms with Crippen LogP contribution >= 0.6 is 19.3 Å². The zero-order valence-corrected chi connectivity index (χ0v) is 14.3. The first kappa shape index (κ1) is 16.9. The predicted octanol–water partition coefficient (Wildman–Crippen LogP) is 5.19. The van der Waals surface area contributed by atoms with Gasteiger partial charge in [0, 0.05) is 17.3 Å². The van der Waals surface area contributed by atoms with Crippen molar-refractivity contribution in [1.29, 1.82) is 0 Å². The summed E-state index contributed by atoms with van der Waals surface area (Å²) < 4.78 is 18.4. The third kappa shape index (κ3) is 5.06. The van der Waals surface area contributed by atoms with E-state index in [1.807, 2.05) is 62.4 Å². The summed E-state index contributed by atoms with van der Waals surface area (Å²) in [6, 6.07) is 15.2. The van der Waals surface area contributed by atoms with Crippen LogP contribution in [-0.4, -0.2) is 12.5 Å². The van der Waals surface area contributed by atoms with Crippen molar-refractivity contribution < 1.29 is 9.09 Å². The second-order valence-electron chi connectivity index (χ2n) is 5.03. The van der Waals surface area contributed by atoms with Crippen LogP contribution in [0.1, 0.15) is 11.1 Å². The lowest BCUT2D eigenvalue weighted by molar-refractivity contribution is 0.343. The van der Waals surface area contributed by atoms with Crippen LogP contribution in [0.25, 0.3) is 0 Å². The molecule has 0 radical (unpaired) electrons. The number of nitrogens with one attached hydrogen (secondary N) is 2. The van der Waals surface area contributed by atoms with E-state index in [-0.39, 0.29) is 12.5 Å². The maximum atomic E-state index is 13.0. The third-order valence-corrected chi connectivity index (χ3v) is 4.81. The highest BCUT2D eigenvalue weighted by Crippen LogP contribution is 2.46. The molecule has 2 rings (SSSR count). The van der Waals surface area contributed by atoms with Crippen molar-refractivity contribution >= 4 is 30.6 Å². The number of aryl methyl sites for hydroxylation is 2. The van der Waals surface area contributed by atoms with Gasteiger partial charge in [-0.3, -0.25) is 14.7 Å². The van der Waals surface area contributed by atoms with Gasteiger partial charge in [-0.25, -0.2) is 4.57 Å². The summed E-state index contributed by atoms with van der Waals surface area (Å²) in [7, 11) is -3.29. The molecule has 2 aromatic carbocycles. The molecule has 118 valence electrons. The van der Waals surface area contributed by atoms with E-state index in [1.165, 1.54) is 0 Å². The smallest absolute Gasteiger partial charge is 0.299 e. The van der Waals surface area contributed by atoms with Gasteiger partial charge in [0.2, 0.25) is 0 Å². The number of hydrogen-bond donors (Lipinski definition) is 2. The fraction of sp³-hybridized carbons (Fsp3) is 0.250. The minimum atomic E-state index is -3.29. The molecule has 0 amide bonds. The third-order valence-electron chi connectivity index (χ3n) is 3.01. The summed E-state index contributed by atoms with van der Waals surface area (Å²) in [4.78, 5) is 0. The van der Waals surface area contributed by atoms with Crippen LogP contribution in [0.3, 0.4) is 0 Å². The van der Waals surface area contributed by atoms with Gasteiger partial charge < -0.3 is 0 Å². The number of hydrogen-bond acceptors (Lipinski definition) is 2. The number of halogens is 1. The highest BCUT2D eigenvalue weighted by Gasteiger charge is 2.23. The van der Waals surface area contributed by atoms with Crippen LogP contribution in [0.15, 0.2) is 48.5 Å². The highest BCUT2D eigenvalue weighted by atomic mass is 35.5. The Morgan fingerprint density at radius 2 is 1.32 bits per heavy atom. The molecule has 0 aliphatic carbocycles. The van der Waals surface area contributed by atoms with E-state index >= 15 is 0 Å². The summed E-state index contributed by atoms with van der Waals surface area (Å²) >= 11 is 5.65. The molecule has 0 aliphatic heterocycles. The van der Waals surface area contributed by atoms with Crippen LogP contribution in [0.4, 0.5) is 11.4 Å². The lowest BCUT2D eigenvalue weighted by atomic mass is 10.2. The van der Waals surface area contributed by atoms with Crippen LogP contribution in [-0.2, 0) is 9.09 Å². The Bertz CT molecular complexity index is 593. The summed E-state index contributed by atoms with van der Waals surface area (Å²) in [5, 5.41) is 5.89. The Labute approximate surface area is 136 Å². The summed E-state index contributed by atoms with van der Waals surface area (Å²) in [5.41, 5.74) is 3.72. The van der Waals surface area contributed by atoms with Gasteiger partial charge in [-0.1, -0.05) is 35.4 Å². The SMILES string of the molecule is Cc1ccc(NP(=O)(Nc2ccc(C)cc2)OCCCl)cc1. The summed E-state index contributed by atoms with van der Waals surface area (Å²) in [6.07, 6.45) is 0. The highest BCUT2D eigenvalue weighted by molar-refractivity contribution is 7.62. The Morgan fingerprint density at radius 3 is 1.68 bits per heavy atom. The van der Waals surface area contributed by atoms with E-state index in [9.17, 15) is 4.57 Å². The van der Waals surface area contributed by atoms with Crippen molar-refractivity contribution in [3.05, 3.63) is 59.7 Å². The molecule has 0 aliphatic rings. The van der Waals surface area contributed by atoms with E-state index < -0.39 is 7.67 Å². The molecule has 2 aromatic rings. The first-order chi connectivity index (χ1) is 10.5. The molecule has 0 saturated carbocycles. The topological polar surface area (TPSA) is 50.4 Å². The molecule has 0 saturated heterocycles. The largest absolute Gasteiger partial charge is 0.391 e. The molecule has 0 fully saturated rings. The van der Waals surface area contributed by atoms with E-state index in [4.69, 9.17) is 16.1 Å². The first-order valence-electron chi connectivity index (χ1n) is 7.01. The lowest BCUT2D eigenvalue weighted by Crippen LogP contribution is -2.11. The van der Waals surface area contributed by atoms with Gasteiger partial charge >= 0.3 is 7.67 Å². The van der Waals surface area contributed by atoms with Gasteiger partial charge in [0.05, 0.1) is 6.61 Å². The number of anilines is 2. The standard InChI is InChI=1S/C16H20ClN2O2P/c1-13-3-7-15(8-4-13)18-22(20,21-12-11-17)19-16-9-5-14(2)6-10-16/h3-10H,11-12H2,1-2H3,(H2,18,19,20). The molecule has 0 atom stereocenters. The average molecular weight is 339 g/mol. The molecular weight excluding hydrogens is 319 g/mol. The van der Waals surface area contributed by atoms with Crippen LogP contribution < -0.4 is 10.2 Å². The van der Waals surface area contributed by atoms with Crippen molar-refractivity contribution in [1.82, 2.24) is 0 Å². The molecule has 2 N–H and O–H groups in total. The van der Waals surface area contributed by atoms with Gasteiger partial charge in [-0.2, -0.15) is 0 Å². The Morgan fingerprint density at radius 1 is 0.909 bits per heavy atom. The predicted molar refractivity (Wildman–Crippen MR) is 93.9 cm³/mol. The van der Waals surface area contributed by atoms with Crippen LogP contribution in [0, 0.1) is 13.8 Å². The minimum absolute atomic E-state index is 0.191. The van der Waals surface area contributed by atoms with Gasteiger partial charge in [-0.15, -0.1) is 11.6 Å². The molecular formula is C16H20ClN2O2P. The number of alkyl halides is 1. The first-order valence-corrected chi connectivity index (χ1v) is 9.17.